The Morgan fingerprint density at radius 3 is 1.93 bits per heavy atom. The Kier molecular flexibility index (Phi) is 19.4. The summed E-state index contributed by atoms with van der Waals surface area (Å²) >= 11 is 8.46. The number of fused-ring (bicyclic) bond motifs is 2. The number of nitrogens with one attached hydrogen (secondary N) is 7. The SMILES string of the molecule is CC(=O)Nc1ccc2ccccc2c1C(=O)C(CS)NC(=O)[C@@H](NC(=O)C(CCCCN)NC(=O)[C@@H](Cc1c[nH]c2ccccc12)NC(=O)C(Cc1ccc(O)cc1)NC(=O)C(N)CS)[C@@H](C)O. The van der Waals surface area contributed by atoms with Crippen LogP contribution in [0.3, 0.4) is 0 Å². The normalized spacial score (nSPS) is 14.3. The molecule has 5 rings (SSSR count). The molecule has 1 heterocycles. The average Bonchev–Trinajstić information content (AvgIpc) is 3.73. The summed E-state index contributed by atoms with van der Waals surface area (Å²) in [5.41, 5.74) is 14.1. The van der Waals surface area contributed by atoms with Crippen molar-refractivity contribution in [2.24, 2.45) is 11.5 Å². The number of aliphatic hydroxyl groups excluding tert-OH is 1. The van der Waals surface area contributed by atoms with Crippen molar-refractivity contribution in [3.63, 3.8) is 0 Å². The summed E-state index contributed by atoms with van der Waals surface area (Å²) in [6.45, 7) is 2.84. The number of H-pyrrole nitrogens is 1. The Morgan fingerprint density at radius 2 is 1.28 bits per heavy atom. The van der Waals surface area contributed by atoms with Crippen LogP contribution in [0.15, 0.2) is 91.1 Å². The number of carbonyl (C=O) groups excluding carboxylic acids is 7. The van der Waals surface area contributed by atoms with E-state index in [1.165, 1.54) is 26.0 Å². The first-order chi connectivity index (χ1) is 32.5. The van der Waals surface area contributed by atoms with Gasteiger partial charge in [-0.05, 0) is 78.9 Å². The third kappa shape index (κ3) is 14.0. The summed E-state index contributed by atoms with van der Waals surface area (Å²) in [7, 11) is 0. The van der Waals surface area contributed by atoms with Gasteiger partial charge in [-0.15, -0.1) is 0 Å². The van der Waals surface area contributed by atoms with Gasteiger partial charge in [-0.2, -0.15) is 25.3 Å². The van der Waals surface area contributed by atoms with Gasteiger partial charge in [0.05, 0.1) is 23.4 Å². The number of thiol groups is 2. The molecule has 4 aromatic carbocycles. The number of aromatic hydroxyl groups is 1. The van der Waals surface area contributed by atoms with Crippen LogP contribution in [0.25, 0.3) is 21.7 Å². The summed E-state index contributed by atoms with van der Waals surface area (Å²) in [6.07, 6.45) is 0.902. The number of aromatic amines is 1. The second kappa shape index (κ2) is 25.1. The predicted octanol–water partition coefficient (Wildman–Crippen LogP) is 1.77. The van der Waals surface area contributed by atoms with Crippen molar-refractivity contribution < 1.29 is 43.8 Å². The molecule has 5 aromatic rings. The van der Waals surface area contributed by atoms with Crippen LogP contribution in [0.5, 0.6) is 5.75 Å². The lowest BCUT2D eigenvalue weighted by atomic mass is 9.95. The predicted molar refractivity (Wildman–Crippen MR) is 266 cm³/mol. The van der Waals surface area contributed by atoms with E-state index >= 15 is 0 Å². The summed E-state index contributed by atoms with van der Waals surface area (Å²) in [6, 6.07) is 15.7. The maximum Gasteiger partial charge on any atom is 0.245 e. The molecule has 0 aliphatic rings. The molecule has 0 aliphatic carbocycles. The van der Waals surface area contributed by atoms with Crippen LogP contribution in [-0.4, -0.2) is 117 Å². The quantitative estimate of drug-likeness (QED) is 0.0240. The molecule has 6 amide bonds. The van der Waals surface area contributed by atoms with E-state index in [1.807, 2.05) is 24.3 Å². The second-order valence-corrected chi connectivity index (χ2v) is 17.1. The number of carbonyl (C=O) groups is 7. The van der Waals surface area contributed by atoms with Crippen LogP contribution in [-0.2, 0) is 41.6 Å². The van der Waals surface area contributed by atoms with Crippen molar-refractivity contribution in [1.82, 2.24) is 31.6 Å². The number of para-hydroxylation sites is 1. The molecule has 7 atom stereocenters. The topological polar surface area (TPSA) is 300 Å². The molecular formula is C48H59N9O9S2. The molecule has 20 heteroatoms. The molecule has 0 radical (unpaired) electrons. The lowest BCUT2D eigenvalue weighted by molar-refractivity contribution is -0.135. The van der Waals surface area contributed by atoms with Crippen LogP contribution in [0, 0.1) is 0 Å². The minimum Gasteiger partial charge on any atom is -0.508 e. The Balaban J connectivity index is 1.41. The van der Waals surface area contributed by atoms with E-state index in [4.69, 9.17) is 11.5 Å². The summed E-state index contributed by atoms with van der Waals surface area (Å²) in [4.78, 5) is 99.5. The molecule has 18 nitrogen and oxygen atoms in total. The molecule has 1 aromatic heterocycles. The molecule has 13 N–H and O–H groups in total. The lowest BCUT2D eigenvalue weighted by Crippen LogP contribution is -2.61. The maximum absolute atomic E-state index is 14.5. The largest absolute Gasteiger partial charge is 0.508 e. The van der Waals surface area contributed by atoms with E-state index in [-0.39, 0.29) is 54.3 Å². The van der Waals surface area contributed by atoms with Gasteiger partial charge in [-0.3, -0.25) is 33.6 Å². The van der Waals surface area contributed by atoms with Crippen LogP contribution in [0.2, 0.25) is 0 Å². The minimum atomic E-state index is -1.64. The summed E-state index contributed by atoms with van der Waals surface area (Å²) in [5, 5.41) is 38.7. The Hall–Kier alpha value is -6.45. The lowest BCUT2D eigenvalue weighted by Gasteiger charge is -2.28. The van der Waals surface area contributed by atoms with Gasteiger partial charge in [0.1, 0.15) is 36.0 Å². The smallest absolute Gasteiger partial charge is 0.245 e. The number of anilines is 1. The fourth-order valence-corrected chi connectivity index (χ4v) is 8.02. The van der Waals surface area contributed by atoms with E-state index in [9.17, 15) is 43.8 Å². The van der Waals surface area contributed by atoms with Gasteiger partial charge >= 0.3 is 0 Å². The van der Waals surface area contributed by atoms with Gasteiger partial charge in [-0.1, -0.05) is 60.7 Å². The summed E-state index contributed by atoms with van der Waals surface area (Å²) < 4.78 is 0. The van der Waals surface area contributed by atoms with Gasteiger partial charge < -0.3 is 58.6 Å². The number of unbranched alkanes of at least 4 members (excludes halogenated alkanes) is 1. The fraction of sp³-hybridized carbons (Fsp3) is 0.354. The third-order valence-corrected chi connectivity index (χ3v) is 12.0. The Labute approximate surface area is 404 Å². The van der Waals surface area contributed by atoms with Crippen LogP contribution in [0.4, 0.5) is 5.69 Å². The van der Waals surface area contributed by atoms with Crippen molar-refractivity contribution in [1.29, 1.82) is 0 Å². The molecular weight excluding hydrogens is 911 g/mol. The van der Waals surface area contributed by atoms with Gasteiger partial charge in [0.2, 0.25) is 35.4 Å². The van der Waals surface area contributed by atoms with Crippen molar-refractivity contribution in [2.45, 2.75) is 88.3 Å². The highest BCUT2D eigenvalue weighted by Crippen LogP contribution is 2.28. The van der Waals surface area contributed by atoms with Gasteiger partial charge in [0.25, 0.3) is 0 Å². The molecule has 4 unspecified atom stereocenters. The van der Waals surface area contributed by atoms with E-state index in [2.05, 4.69) is 62.1 Å². The number of phenols is 1. The van der Waals surface area contributed by atoms with Crippen molar-refractivity contribution in [3.8, 4) is 5.75 Å². The van der Waals surface area contributed by atoms with E-state index in [0.29, 0.717) is 34.7 Å². The first-order valence-corrected chi connectivity index (χ1v) is 23.3. The van der Waals surface area contributed by atoms with Crippen molar-refractivity contribution >= 4 is 93.8 Å². The van der Waals surface area contributed by atoms with Crippen LogP contribution in [0.1, 0.15) is 54.6 Å². The zero-order chi connectivity index (χ0) is 49.5. The van der Waals surface area contributed by atoms with Crippen molar-refractivity contribution in [3.05, 3.63) is 108 Å². The van der Waals surface area contributed by atoms with E-state index in [0.717, 1.165) is 10.9 Å². The van der Waals surface area contributed by atoms with Gasteiger partial charge in [0.15, 0.2) is 5.78 Å². The number of aliphatic hydroxyl groups is 1. The van der Waals surface area contributed by atoms with Crippen LogP contribution >= 0.6 is 25.3 Å². The van der Waals surface area contributed by atoms with Gasteiger partial charge in [0, 0.05) is 48.4 Å². The second-order valence-electron chi connectivity index (χ2n) is 16.4. The minimum absolute atomic E-state index is 0.0102. The number of benzene rings is 4. The maximum atomic E-state index is 14.5. The Morgan fingerprint density at radius 1 is 0.676 bits per heavy atom. The van der Waals surface area contributed by atoms with E-state index < -0.39 is 83.6 Å². The highest BCUT2D eigenvalue weighted by molar-refractivity contribution is 7.80. The standard InChI is InChI=1S/C48H59N9O9S2/c1-26(58)42(48(66)56-40(25-68)43(61)41-33-11-4-3-9-29(33)16-19-36(41)52-27(2)59)57-45(63)37(13-7-8-20-49)53-47(65)39(22-30-23-51-35-12-6-5-10-32(30)35)55-46(64)38(54-44(62)34(50)24-67)21-28-14-17-31(60)18-15-28/h3-6,9-12,14-19,23,26,34,37-40,42,51,58,60,67-68H,7-8,13,20-22,24-25,49-50H2,1-2H3,(H,52,59)(H,53,65)(H,54,62)(H,55,64)(H,56,66)(H,57,63)/t26-,34?,37?,38?,39-,40?,42+/m1/s1. The molecule has 0 fully saturated rings. The number of nitrogens with two attached hydrogens (primary N) is 2. The third-order valence-electron chi connectivity index (χ3n) is 11.2. The fourth-order valence-electron chi connectivity index (χ4n) is 7.59. The van der Waals surface area contributed by atoms with Gasteiger partial charge in [-0.25, -0.2) is 0 Å². The summed E-state index contributed by atoms with van der Waals surface area (Å²) in [5.74, 6) is -5.24. The number of Topliss-reactive ketones (excluding diaryl/α,β-unsaturated/α-hetero) is 1. The monoisotopic (exact) mass is 969 g/mol. The molecule has 0 saturated heterocycles. The highest BCUT2D eigenvalue weighted by Gasteiger charge is 2.35. The molecule has 0 aliphatic heterocycles. The number of aromatic nitrogens is 1. The zero-order valence-corrected chi connectivity index (χ0v) is 39.4. The number of phenolic OH excluding ortho intramolecular Hbond substituents is 1. The molecule has 0 saturated carbocycles. The molecule has 0 bridgehead atoms. The average molecular weight is 970 g/mol. The first kappa shape index (κ1) is 52.5. The number of ketones is 1. The highest BCUT2D eigenvalue weighted by atomic mass is 32.1. The molecule has 68 heavy (non-hydrogen) atoms. The number of rotatable bonds is 24. The zero-order valence-electron chi connectivity index (χ0n) is 37.7. The van der Waals surface area contributed by atoms with Crippen LogP contribution < -0.4 is 43.4 Å². The number of amides is 6. The molecule has 0 spiro atoms. The first-order valence-electron chi connectivity index (χ1n) is 22.1. The number of hydrogen-bond acceptors (Lipinski definition) is 13. The van der Waals surface area contributed by atoms with E-state index in [1.54, 1.807) is 54.7 Å². The molecule has 362 valence electrons. The Bertz CT molecular complexity index is 2590. The number of hydrogen-bond donors (Lipinski definition) is 13. The van der Waals surface area contributed by atoms with Crippen molar-refractivity contribution in [2.75, 3.05) is 23.4 Å².